The first-order chi connectivity index (χ1) is 11.1. The van der Waals surface area contributed by atoms with Crippen LogP contribution in [0.3, 0.4) is 0 Å². The van der Waals surface area contributed by atoms with Crippen LogP contribution in [0.2, 0.25) is 0 Å². The maximum atomic E-state index is 13.6. The fourth-order valence-corrected chi connectivity index (χ4v) is 3.32. The molecule has 4 atom stereocenters. The van der Waals surface area contributed by atoms with Gasteiger partial charge in [-0.05, 0) is 24.3 Å². The van der Waals surface area contributed by atoms with E-state index in [0.29, 0.717) is 11.4 Å². The van der Waals surface area contributed by atoms with Crippen molar-refractivity contribution in [2.45, 2.75) is 23.7 Å². The van der Waals surface area contributed by atoms with E-state index in [2.05, 4.69) is 9.97 Å². The molecule has 0 aliphatic carbocycles. The lowest BCUT2D eigenvalue weighted by molar-refractivity contribution is -0.0786. The van der Waals surface area contributed by atoms with Gasteiger partial charge in [-0.2, -0.15) is 4.39 Å². The summed E-state index contributed by atoms with van der Waals surface area (Å²) in [6.07, 6.45) is -0.675. The molecule has 0 saturated carbocycles. The fraction of sp³-hybridized carbons (Fsp3) is 0.333. The van der Waals surface area contributed by atoms with Gasteiger partial charge in [-0.25, -0.2) is 4.98 Å². The van der Waals surface area contributed by atoms with Gasteiger partial charge in [0.1, 0.15) is 18.0 Å². The molecular formula is C15H15FN2O4S. The summed E-state index contributed by atoms with van der Waals surface area (Å²) in [6.45, 7) is 0. The average Bonchev–Trinajstić information content (AvgIpc) is 2.57. The van der Waals surface area contributed by atoms with Crippen LogP contribution in [0.25, 0.3) is 11.3 Å². The quantitative estimate of drug-likeness (QED) is 0.713. The number of pyridine rings is 2. The Morgan fingerprint density at radius 1 is 1.13 bits per heavy atom. The van der Waals surface area contributed by atoms with Gasteiger partial charge in [-0.1, -0.05) is 0 Å². The summed E-state index contributed by atoms with van der Waals surface area (Å²) < 4.78 is 19.2. The first-order valence-electron chi connectivity index (χ1n) is 6.95. The number of ether oxygens (including phenoxy) is 1. The predicted octanol–water partition coefficient (Wildman–Crippen LogP) is 0.817. The number of thioether (sulfide) groups is 1. The van der Waals surface area contributed by atoms with Gasteiger partial charge in [0.2, 0.25) is 5.95 Å². The van der Waals surface area contributed by atoms with Crippen LogP contribution in [-0.2, 0) is 0 Å². The lowest BCUT2D eigenvalue weighted by Crippen LogP contribution is -2.50. The summed E-state index contributed by atoms with van der Waals surface area (Å²) in [6, 6.07) is 6.37. The second kappa shape index (κ2) is 6.79. The van der Waals surface area contributed by atoms with Crippen molar-refractivity contribution in [3.05, 3.63) is 42.6 Å². The molecule has 1 saturated heterocycles. The van der Waals surface area contributed by atoms with Gasteiger partial charge >= 0.3 is 0 Å². The molecule has 122 valence electrons. The normalized spacial score (nSPS) is 27.7. The fourth-order valence-electron chi connectivity index (χ4n) is 2.20. The first-order valence-corrected chi connectivity index (χ1v) is 8.00. The molecule has 2 aromatic heterocycles. The highest BCUT2D eigenvalue weighted by Gasteiger charge is 2.38. The average molecular weight is 338 g/mol. The van der Waals surface area contributed by atoms with Crippen LogP contribution < -0.4 is 4.74 Å². The van der Waals surface area contributed by atoms with Gasteiger partial charge in [0.15, 0.2) is 5.44 Å². The standard InChI is InChI=1S/C15H15FN2O4S/c16-14-9(2-1-5-17-14)10-4-3-8(6-18-10)22-15-13(21)12(20)11(19)7-23-15/h1-6,11-13,15,19-21H,7H2/t11-,12+,13-,15-/m1/s1. The maximum Gasteiger partial charge on any atom is 0.222 e. The van der Waals surface area contributed by atoms with Crippen molar-refractivity contribution < 1.29 is 24.4 Å². The van der Waals surface area contributed by atoms with Crippen LogP contribution in [0, 0.1) is 5.95 Å². The van der Waals surface area contributed by atoms with Crippen molar-refractivity contribution >= 4 is 11.8 Å². The number of hydrogen-bond acceptors (Lipinski definition) is 7. The molecule has 1 aliphatic rings. The molecule has 0 aromatic carbocycles. The van der Waals surface area contributed by atoms with E-state index in [-0.39, 0.29) is 11.3 Å². The zero-order chi connectivity index (χ0) is 16.4. The molecule has 8 heteroatoms. The number of nitrogens with zero attached hydrogens (tertiary/aromatic N) is 2. The lowest BCUT2D eigenvalue weighted by Gasteiger charge is -2.34. The SMILES string of the molecule is O[C@@H]1[C@@H](O)[C@H](Oc2ccc(-c3cccnc3F)nc2)SC[C@H]1O. The van der Waals surface area contributed by atoms with Gasteiger partial charge in [0, 0.05) is 11.9 Å². The highest BCUT2D eigenvalue weighted by atomic mass is 32.2. The summed E-state index contributed by atoms with van der Waals surface area (Å²) in [7, 11) is 0. The van der Waals surface area contributed by atoms with E-state index < -0.39 is 29.7 Å². The molecule has 0 bridgehead atoms. The molecule has 0 radical (unpaired) electrons. The number of aliphatic hydroxyl groups excluding tert-OH is 3. The van der Waals surface area contributed by atoms with Crippen LogP contribution in [0.4, 0.5) is 4.39 Å². The summed E-state index contributed by atoms with van der Waals surface area (Å²) in [5.74, 6) is 0.0252. The maximum absolute atomic E-state index is 13.6. The summed E-state index contributed by atoms with van der Waals surface area (Å²) in [5.41, 5.74) is -0.0175. The summed E-state index contributed by atoms with van der Waals surface area (Å²) in [4.78, 5) is 7.70. The van der Waals surface area contributed by atoms with Crippen LogP contribution in [0.1, 0.15) is 0 Å². The Balaban J connectivity index is 1.72. The number of hydrogen-bond donors (Lipinski definition) is 3. The van der Waals surface area contributed by atoms with E-state index in [1.54, 1.807) is 24.3 Å². The van der Waals surface area contributed by atoms with Crippen LogP contribution in [0.5, 0.6) is 5.75 Å². The van der Waals surface area contributed by atoms with Crippen molar-refractivity contribution in [1.29, 1.82) is 0 Å². The number of aliphatic hydroxyl groups is 3. The molecule has 2 aromatic rings. The second-order valence-electron chi connectivity index (χ2n) is 5.09. The zero-order valence-electron chi connectivity index (χ0n) is 11.9. The molecule has 6 nitrogen and oxygen atoms in total. The summed E-state index contributed by atoms with van der Waals surface area (Å²) >= 11 is 1.20. The molecule has 1 fully saturated rings. The predicted molar refractivity (Wildman–Crippen MR) is 82.3 cm³/mol. The van der Waals surface area contributed by atoms with E-state index in [4.69, 9.17) is 4.74 Å². The second-order valence-corrected chi connectivity index (χ2v) is 6.22. The first kappa shape index (κ1) is 16.1. The number of halogens is 1. The third kappa shape index (κ3) is 3.45. The summed E-state index contributed by atoms with van der Waals surface area (Å²) in [5, 5.41) is 29.0. The molecule has 0 amide bonds. The molecule has 3 rings (SSSR count). The highest BCUT2D eigenvalue weighted by Crippen LogP contribution is 2.29. The Morgan fingerprint density at radius 3 is 2.65 bits per heavy atom. The Morgan fingerprint density at radius 2 is 1.96 bits per heavy atom. The molecule has 3 N–H and O–H groups in total. The van der Waals surface area contributed by atoms with E-state index in [0.717, 1.165) is 0 Å². The topological polar surface area (TPSA) is 95.7 Å². The van der Waals surface area contributed by atoms with Crippen LogP contribution in [-0.4, -0.2) is 54.8 Å². The molecule has 23 heavy (non-hydrogen) atoms. The molecule has 0 spiro atoms. The Hall–Kier alpha value is -1.74. The molecule has 0 unspecified atom stereocenters. The van der Waals surface area contributed by atoms with Gasteiger partial charge in [-0.3, -0.25) is 4.98 Å². The smallest absolute Gasteiger partial charge is 0.222 e. The van der Waals surface area contributed by atoms with E-state index in [1.165, 1.54) is 24.2 Å². The third-order valence-electron chi connectivity index (χ3n) is 3.48. The van der Waals surface area contributed by atoms with Gasteiger partial charge < -0.3 is 20.1 Å². The van der Waals surface area contributed by atoms with E-state index in [1.807, 2.05) is 0 Å². The molecule has 3 heterocycles. The Kier molecular flexibility index (Phi) is 4.76. The Bertz CT molecular complexity index is 673. The van der Waals surface area contributed by atoms with Gasteiger partial charge in [-0.15, -0.1) is 11.8 Å². The number of aromatic nitrogens is 2. The zero-order valence-corrected chi connectivity index (χ0v) is 12.7. The minimum Gasteiger partial charge on any atom is -0.475 e. The third-order valence-corrected chi connectivity index (χ3v) is 4.72. The van der Waals surface area contributed by atoms with Crippen LogP contribution in [0.15, 0.2) is 36.7 Å². The van der Waals surface area contributed by atoms with Crippen molar-refractivity contribution in [3.8, 4) is 17.0 Å². The van der Waals surface area contributed by atoms with Crippen LogP contribution >= 0.6 is 11.8 Å². The number of rotatable bonds is 3. The van der Waals surface area contributed by atoms with Gasteiger partial charge in [0.05, 0.1) is 23.6 Å². The van der Waals surface area contributed by atoms with Gasteiger partial charge in [0.25, 0.3) is 0 Å². The largest absolute Gasteiger partial charge is 0.475 e. The highest BCUT2D eigenvalue weighted by molar-refractivity contribution is 7.99. The molecule has 1 aliphatic heterocycles. The monoisotopic (exact) mass is 338 g/mol. The van der Waals surface area contributed by atoms with E-state index in [9.17, 15) is 19.7 Å². The minimum atomic E-state index is -1.25. The molecular weight excluding hydrogens is 323 g/mol. The van der Waals surface area contributed by atoms with E-state index >= 15 is 0 Å². The van der Waals surface area contributed by atoms with Crippen molar-refractivity contribution in [1.82, 2.24) is 9.97 Å². The van der Waals surface area contributed by atoms with Crippen molar-refractivity contribution in [2.24, 2.45) is 0 Å². The van der Waals surface area contributed by atoms with Crippen molar-refractivity contribution in [2.75, 3.05) is 5.75 Å². The van der Waals surface area contributed by atoms with Crippen molar-refractivity contribution in [3.63, 3.8) is 0 Å². The minimum absolute atomic E-state index is 0.259. The lowest BCUT2D eigenvalue weighted by atomic mass is 10.1. The Labute approximate surface area is 136 Å².